The van der Waals surface area contributed by atoms with Crippen molar-refractivity contribution in [1.82, 2.24) is 5.32 Å². The first-order valence-electron chi connectivity index (χ1n) is 8.39. The van der Waals surface area contributed by atoms with Crippen LogP contribution in [-0.2, 0) is 16.0 Å². The third kappa shape index (κ3) is 3.03. The number of carbonyl (C=O) groups excluding carboxylic acids is 1. The monoisotopic (exact) mass is 302 g/mol. The van der Waals surface area contributed by atoms with Gasteiger partial charge in [0.15, 0.2) is 0 Å². The summed E-state index contributed by atoms with van der Waals surface area (Å²) in [5.74, 6) is 0.546. The maximum absolute atomic E-state index is 12.7. The molecule has 2 aliphatic rings. The largest absolute Gasteiger partial charge is 0.381 e. The lowest BCUT2D eigenvalue weighted by Gasteiger charge is -2.35. The molecule has 4 nitrogen and oxygen atoms in total. The first-order valence-corrected chi connectivity index (χ1v) is 8.39. The van der Waals surface area contributed by atoms with E-state index in [1.807, 2.05) is 0 Å². The zero-order valence-corrected chi connectivity index (χ0v) is 13.1. The predicted octanol–water partition coefficient (Wildman–Crippen LogP) is 1.98. The molecule has 1 aromatic rings. The van der Waals surface area contributed by atoms with Gasteiger partial charge in [0, 0.05) is 32.2 Å². The Morgan fingerprint density at radius 1 is 1.32 bits per heavy atom. The minimum Gasteiger partial charge on any atom is -0.381 e. The fraction of sp³-hybridized carbons (Fsp3) is 0.611. The molecule has 1 heterocycles. The second-order valence-corrected chi connectivity index (χ2v) is 6.59. The van der Waals surface area contributed by atoms with E-state index in [-0.39, 0.29) is 5.91 Å². The van der Waals surface area contributed by atoms with Crippen LogP contribution in [0.2, 0.25) is 0 Å². The Morgan fingerprint density at radius 2 is 2.09 bits per heavy atom. The minimum absolute atomic E-state index is 0.112. The molecule has 1 aliphatic heterocycles. The van der Waals surface area contributed by atoms with Gasteiger partial charge in [0.1, 0.15) is 0 Å². The van der Waals surface area contributed by atoms with Crippen LogP contribution in [0.4, 0.5) is 0 Å². The van der Waals surface area contributed by atoms with Crippen LogP contribution < -0.4 is 11.1 Å². The van der Waals surface area contributed by atoms with Crippen LogP contribution in [0.1, 0.15) is 42.7 Å². The lowest BCUT2D eigenvalue weighted by Crippen LogP contribution is -2.50. The molecule has 3 rings (SSSR count). The van der Waals surface area contributed by atoms with E-state index in [2.05, 4.69) is 29.6 Å². The number of fused-ring (bicyclic) bond motifs is 1. The molecule has 1 saturated heterocycles. The Bertz CT molecular complexity index is 524. The average molecular weight is 302 g/mol. The molecule has 1 aromatic carbocycles. The quantitative estimate of drug-likeness (QED) is 0.894. The summed E-state index contributed by atoms with van der Waals surface area (Å²) in [5.41, 5.74) is 8.33. The summed E-state index contributed by atoms with van der Waals surface area (Å²) in [6.45, 7) is 2.40. The van der Waals surface area contributed by atoms with Crippen molar-refractivity contribution in [3.8, 4) is 0 Å². The molecule has 0 bridgehead atoms. The second kappa shape index (κ2) is 6.80. The molecule has 0 radical (unpaired) electrons. The topological polar surface area (TPSA) is 64.4 Å². The maximum Gasteiger partial charge on any atom is 0.227 e. The summed E-state index contributed by atoms with van der Waals surface area (Å²) >= 11 is 0. The van der Waals surface area contributed by atoms with E-state index in [1.165, 1.54) is 17.5 Å². The molecule has 1 fully saturated rings. The molecule has 1 unspecified atom stereocenters. The average Bonchev–Trinajstić information content (AvgIpc) is 2.60. The predicted molar refractivity (Wildman–Crippen MR) is 86.7 cm³/mol. The summed E-state index contributed by atoms with van der Waals surface area (Å²) < 4.78 is 5.38. The van der Waals surface area contributed by atoms with E-state index in [0.29, 0.717) is 25.7 Å². The van der Waals surface area contributed by atoms with Gasteiger partial charge in [-0.2, -0.15) is 0 Å². The standard InChI is InChI=1S/C18H26N2O2/c19-13-18(8-10-22-11-9-18)17(21)20-12-15-6-3-5-14-4-1-2-7-16(14)15/h1-2,4,7,15H,3,5-6,8-13,19H2,(H,20,21). The number of aryl methyl sites for hydroxylation is 1. The summed E-state index contributed by atoms with van der Waals surface area (Å²) in [6, 6.07) is 8.62. The molecule has 1 amide bonds. The number of hydrogen-bond donors (Lipinski definition) is 2. The molecule has 22 heavy (non-hydrogen) atoms. The Labute approximate surface area is 132 Å². The number of ether oxygens (including phenoxy) is 1. The Hall–Kier alpha value is -1.39. The van der Waals surface area contributed by atoms with Crippen molar-refractivity contribution in [3.63, 3.8) is 0 Å². The van der Waals surface area contributed by atoms with Gasteiger partial charge in [-0.05, 0) is 43.2 Å². The highest BCUT2D eigenvalue weighted by Gasteiger charge is 2.38. The molecule has 4 heteroatoms. The second-order valence-electron chi connectivity index (χ2n) is 6.59. The summed E-state index contributed by atoms with van der Waals surface area (Å²) in [7, 11) is 0. The molecular weight excluding hydrogens is 276 g/mol. The molecule has 120 valence electrons. The van der Waals surface area contributed by atoms with Crippen LogP contribution in [0.5, 0.6) is 0 Å². The molecule has 1 atom stereocenters. The normalized spacial score (nSPS) is 23.6. The van der Waals surface area contributed by atoms with Crippen molar-refractivity contribution >= 4 is 5.91 Å². The third-order valence-electron chi connectivity index (χ3n) is 5.32. The summed E-state index contributed by atoms with van der Waals surface area (Å²) in [6.07, 6.45) is 4.97. The Morgan fingerprint density at radius 3 is 2.86 bits per heavy atom. The zero-order valence-electron chi connectivity index (χ0n) is 13.1. The fourth-order valence-electron chi connectivity index (χ4n) is 3.76. The Balaban J connectivity index is 1.64. The van der Waals surface area contributed by atoms with E-state index >= 15 is 0 Å². The van der Waals surface area contributed by atoms with Gasteiger partial charge in [-0.25, -0.2) is 0 Å². The van der Waals surface area contributed by atoms with Crippen molar-refractivity contribution < 1.29 is 9.53 Å². The highest BCUT2D eigenvalue weighted by atomic mass is 16.5. The molecule has 3 N–H and O–H groups in total. The lowest BCUT2D eigenvalue weighted by molar-refractivity contribution is -0.136. The van der Waals surface area contributed by atoms with Gasteiger partial charge in [-0.15, -0.1) is 0 Å². The van der Waals surface area contributed by atoms with E-state index in [9.17, 15) is 4.79 Å². The smallest absolute Gasteiger partial charge is 0.227 e. The number of nitrogens with one attached hydrogen (secondary N) is 1. The van der Waals surface area contributed by atoms with Crippen molar-refractivity contribution in [2.24, 2.45) is 11.1 Å². The molecule has 1 aliphatic carbocycles. The van der Waals surface area contributed by atoms with Crippen molar-refractivity contribution in [3.05, 3.63) is 35.4 Å². The number of rotatable bonds is 4. The number of carbonyl (C=O) groups is 1. The van der Waals surface area contributed by atoms with Crippen molar-refractivity contribution in [1.29, 1.82) is 0 Å². The minimum atomic E-state index is -0.424. The fourth-order valence-corrected chi connectivity index (χ4v) is 3.76. The van der Waals surface area contributed by atoms with Crippen LogP contribution >= 0.6 is 0 Å². The summed E-state index contributed by atoms with van der Waals surface area (Å²) in [4.78, 5) is 12.7. The first kappa shape index (κ1) is 15.5. The van der Waals surface area contributed by atoms with E-state index < -0.39 is 5.41 Å². The van der Waals surface area contributed by atoms with Crippen LogP contribution in [0.25, 0.3) is 0 Å². The SMILES string of the molecule is NCC1(C(=O)NCC2CCCc3ccccc32)CCOCC1. The number of benzene rings is 1. The van der Waals surface area contributed by atoms with E-state index in [4.69, 9.17) is 10.5 Å². The highest BCUT2D eigenvalue weighted by Crippen LogP contribution is 2.32. The van der Waals surface area contributed by atoms with Gasteiger partial charge in [0.2, 0.25) is 5.91 Å². The number of nitrogens with two attached hydrogens (primary N) is 1. The van der Waals surface area contributed by atoms with Crippen LogP contribution in [0.15, 0.2) is 24.3 Å². The van der Waals surface area contributed by atoms with Crippen LogP contribution in [-0.4, -0.2) is 32.2 Å². The molecule has 0 spiro atoms. The van der Waals surface area contributed by atoms with Gasteiger partial charge in [-0.1, -0.05) is 24.3 Å². The van der Waals surface area contributed by atoms with Gasteiger partial charge in [0.25, 0.3) is 0 Å². The van der Waals surface area contributed by atoms with Crippen molar-refractivity contribution in [2.75, 3.05) is 26.3 Å². The van der Waals surface area contributed by atoms with Gasteiger partial charge >= 0.3 is 0 Å². The van der Waals surface area contributed by atoms with Crippen LogP contribution in [0.3, 0.4) is 0 Å². The van der Waals surface area contributed by atoms with E-state index in [0.717, 1.165) is 32.2 Å². The number of hydrogen-bond acceptors (Lipinski definition) is 3. The number of amides is 1. The molecular formula is C18H26N2O2. The van der Waals surface area contributed by atoms with Crippen LogP contribution in [0, 0.1) is 5.41 Å². The third-order valence-corrected chi connectivity index (χ3v) is 5.32. The Kier molecular flexibility index (Phi) is 4.79. The first-order chi connectivity index (χ1) is 10.7. The van der Waals surface area contributed by atoms with Gasteiger partial charge in [0.05, 0.1) is 5.41 Å². The summed E-state index contributed by atoms with van der Waals surface area (Å²) in [5, 5.41) is 3.18. The zero-order chi connectivity index (χ0) is 15.4. The van der Waals surface area contributed by atoms with E-state index in [1.54, 1.807) is 0 Å². The molecule has 0 saturated carbocycles. The van der Waals surface area contributed by atoms with Gasteiger partial charge < -0.3 is 15.8 Å². The molecule has 0 aromatic heterocycles. The maximum atomic E-state index is 12.7. The van der Waals surface area contributed by atoms with Crippen molar-refractivity contribution in [2.45, 2.75) is 38.0 Å². The lowest BCUT2D eigenvalue weighted by atomic mass is 9.78. The van der Waals surface area contributed by atoms with Gasteiger partial charge in [-0.3, -0.25) is 4.79 Å². The highest BCUT2D eigenvalue weighted by molar-refractivity contribution is 5.83.